The largest absolute Gasteiger partial charge is 0.325 e. The van der Waals surface area contributed by atoms with Crippen molar-refractivity contribution in [1.29, 1.82) is 0 Å². The standard InChI is InChI=1S/C16H17N3/c1-11(2)17-16-18-14-9-5-3-7-12(14)13-8-4-6-10-15(13)19-16/h3-11H,1-2H3,(H2,17,18,19). The minimum atomic E-state index is 0.243. The summed E-state index contributed by atoms with van der Waals surface area (Å²) in [4.78, 5) is 4.59. The molecule has 96 valence electrons. The van der Waals surface area contributed by atoms with Crippen LogP contribution in [0.4, 0.5) is 11.4 Å². The SMILES string of the molecule is CC(C)N=C1Nc2ccccc2-c2ccccc2N1. The Hall–Kier alpha value is -2.29. The second-order valence-corrected chi connectivity index (χ2v) is 4.91. The zero-order chi connectivity index (χ0) is 13.2. The van der Waals surface area contributed by atoms with Gasteiger partial charge < -0.3 is 10.6 Å². The van der Waals surface area contributed by atoms with Gasteiger partial charge in [-0.25, -0.2) is 4.99 Å². The Balaban J connectivity index is 2.18. The van der Waals surface area contributed by atoms with Crippen LogP contribution in [0.5, 0.6) is 0 Å². The predicted octanol–water partition coefficient (Wildman–Crippen LogP) is 3.96. The molecule has 2 aromatic carbocycles. The molecular formula is C16H17N3. The summed E-state index contributed by atoms with van der Waals surface area (Å²) in [5.41, 5.74) is 4.55. The highest BCUT2D eigenvalue weighted by Gasteiger charge is 2.15. The molecular weight excluding hydrogens is 234 g/mol. The van der Waals surface area contributed by atoms with Crippen molar-refractivity contribution in [3.63, 3.8) is 0 Å². The number of nitrogens with zero attached hydrogens (tertiary/aromatic N) is 1. The third-order valence-corrected chi connectivity index (χ3v) is 3.04. The van der Waals surface area contributed by atoms with Crippen molar-refractivity contribution >= 4 is 17.3 Å². The van der Waals surface area contributed by atoms with Crippen LogP contribution in [0.1, 0.15) is 13.8 Å². The van der Waals surface area contributed by atoms with E-state index < -0.39 is 0 Å². The third kappa shape index (κ3) is 2.32. The van der Waals surface area contributed by atoms with Crippen LogP contribution < -0.4 is 10.6 Å². The lowest BCUT2D eigenvalue weighted by Gasteiger charge is -2.10. The average Bonchev–Trinajstić information content (AvgIpc) is 2.54. The number of hydrogen-bond acceptors (Lipinski definition) is 1. The van der Waals surface area contributed by atoms with Crippen molar-refractivity contribution in [3.05, 3.63) is 48.5 Å². The highest BCUT2D eigenvalue weighted by atomic mass is 15.2. The maximum atomic E-state index is 4.59. The first-order valence-corrected chi connectivity index (χ1v) is 6.54. The van der Waals surface area contributed by atoms with Crippen molar-refractivity contribution in [2.45, 2.75) is 19.9 Å². The van der Waals surface area contributed by atoms with Crippen molar-refractivity contribution in [3.8, 4) is 11.1 Å². The highest BCUT2D eigenvalue weighted by molar-refractivity contribution is 6.11. The fourth-order valence-corrected chi connectivity index (χ4v) is 2.26. The molecule has 0 aromatic heterocycles. The van der Waals surface area contributed by atoms with Crippen LogP contribution in [-0.2, 0) is 0 Å². The summed E-state index contributed by atoms with van der Waals surface area (Å²) in [5, 5.41) is 6.75. The molecule has 2 N–H and O–H groups in total. The molecule has 1 heterocycles. The van der Waals surface area contributed by atoms with E-state index in [2.05, 4.69) is 65.9 Å². The van der Waals surface area contributed by atoms with E-state index in [9.17, 15) is 0 Å². The number of nitrogens with one attached hydrogen (secondary N) is 2. The smallest absolute Gasteiger partial charge is 0.200 e. The molecule has 2 aromatic rings. The molecule has 1 aliphatic rings. The first kappa shape index (κ1) is 11.8. The molecule has 0 spiro atoms. The summed E-state index contributed by atoms with van der Waals surface area (Å²) in [6.45, 7) is 4.14. The number of hydrogen-bond donors (Lipinski definition) is 2. The lowest BCUT2D eigenvalue weighted by Crippen LogP contribution is -2.22. The Morgan fingerprint density at radius 3 is 1.74 bits per heavy atom. The van der Waals surface area contributed by atoms with Crippen molar-refractivity contribution in [1.82, 2.24) is 0 Å². The number of aliphatic imine (C=N–C) groups is 1. The molecule has 0 unspecified atom stereocenters. The van der Waals surface area contributed by atoms with Crippen LogP contribution >= 0.6 is 0 Å². The fourth-order valence-electron chi connectivity index (χ4n) is 2.26. The van der Waals surface area contributed by atoms with E-state index in [1.807, 2.05) is 12.1 Å². The maximum absolute atomic E-state index is 4.59. The van der Waals surface area contributed by atoms with E-state index in [0.29, 0.717) is 0 Å². The molecule has 0 aliphatic carbocycles. The second kappa shape index (κ2) is 4.76. The summed E-state index contributed by atoms with van der Waals surface area (Å²) in [5.74, 6) is 0.799. The van der Waals surface area contributed by atoms with Crippen molar-refractivity contribution in [2.75, 3.05) is 10.6 Å². The molecule has 0 amide bonds. The molecule has 0 saturated heterocycles. The first-order chi connectivity index (χ1) is 9.24. The van der Waals surface area contributed by atoms with E-state index in [1.165, 1.54) is 11.1 Å². The molecule has 19 heavy (non-hydrogen) atoms. The lowest BCUT2D eigenvalue weighted by atomic mass is 10.0. The zero-order valence-corrected chi connectivity index (χ0v) is 11.1. The van der Waals surface area contributed by atoms with Gasteiger partial charge in [0.05, 0.1) is 0 Å². The summed E-state index contributed by atoms with van der Waals surface area (Å²) in [6.07, 6.45) is 0. The van der Waals surface area contributed by atoms with Gasteiger partial charge >= 0.3 is 0 Å². The van der Waals surface area contributed by atoms with Gasteiger partial charge in [-0.05, 0) is 26.0 Å². The van der Waals surface area contributed by atoms with Gasteiger partial charge in [-0.3, -0.25) is 0 Å². The Morgan fingerprint density at radius 2 is 1.26 bits per heavy atom. The normalized spacial score (nSPS) is 12.9. The van der Waals surface area contributed by atoms with Crippen LogP contribution in [0.25, 0.3) is 11.1 Å². The molecule has 3 heteroatoms. The molecule has 0 radical (unpaired) electrons. The van der Waals surface area contributed by atoms with Gasteiger partial charge in [0.1, 0.15) is 0 Å². The number of fused-ring (bicyclic) bond motifs is 3. The van der Waals surface area contributed by atoms with E-state index in [0.717, 1.165) is 17.3 Å². The van der Waals surface area contributed by atoms with Crippen LogP contribution in [0, 0.1) is 0 Å². The number of anilines is 2. The summed E-state index contributed by atoms with van der Waals surface area (Å²) >= 11 is 0. The number of benzene rings is 2. The Bertz CT molecular complexity index is 580. The topological polar surface area (TPSA) is 36.4 Å². The van der Waals surface area contributed by atoms with Crippen LogP contribution in [0.3, 0.4) is 0 Å². The molecule has 0 saturated carbocycles. The third-order valence-electron chi connectivity index (χ3n) is 3.04. The molecule has 0 bridgehead atoms. The Kier molecular flexibility index (Phi) is 2.95. The van der Waals surface area contributed by atoms with E-state index in [-0.39, 0.29) is 6.04 Å². The van der Waals surface area contributed by atoms with Gasteiger partial charge in [0, 0.05) is 28.5 Å². The van der Waals surface area contributed by atoms with Gasteiger partial charge in [0.2, 0.25) is 5.96 Å². The lowest BCUT2D eigenvalue weighted by molar-refractivity contribution is 0.835. The van der Waals surface area contributed by atoms with E-state index in [4.69, 9.17) is 0 Å². The van der Waals surface area contributed by atoms with Crippen molar-refractivity contribution < 1.29 is 0 Å². The summed E-state index contributed by atoms with van der Waals surface area (Å²) < 4.78 is 0. The predicted molar refractivity (Wildman–Crippen MR) is 81.7 cm³/mol. The van der Waals surface area contributed by atoms with Crippen LogP contribution in [0.2, 0.25) is 0 Å². The van der Waals surface area contributed by atoms with Gasteiger partial charge in [0.25, 0.3) is 0 Å². The Morgan fingerprint density at radius 1 is 0.789 bits per heavy atom. The summed E-state index contributed by atoms with van der Waals surface area (Å²) in [6, 6.07) is 16.8. The quantitative estimate of drug-likeness (QED) is 0.805. The number of rotatable bonds is 1. The van der Waals surface area contributed by atoms with Crippen molar-refractivity contribution in [2.24, 2.45) is 4.99 Å². The van der Waals surface area contributed by atoms with Gasteiger partial charge in [-0.1, -0.05) is 36.4 Å². The van der Waals surface area contributed by atoms with E-state index in [1.54, 1.807) is 0 Å². The number of guanidine groups is 1. The minimum Gasteiger partial charge on any atom is -0.325 e. The zero-order valence-electron chi connectivity index (χ0n) is 11.1. The monoisotopic (exact) mass is 251 g/mol. The second-order valence-electron chi connectivity index (χ2n) is 4.91. The maximum Gasteiger partial charge on any atom is 0.200 e. The Labute approximate surface area is 113 Å². The van der Waals surface area contributed by atoms with Gasteiger partial charge in [-0.15, -0.1) is 0 Å². The minimum absolute atomic E-state index is 0.243. The molecule has 3 rings (SSSR count). The number of para-hydroxylation sites is 2. The molecule has 1 aliphatic heterocycles. The average molecular weight is 251 g/mol. The first-order valence-electron chi connectivity index (χ1n) is 6.54. The molecule has 3 nitrogen and oxygen atoms in total. The summed E-state index contributed by atoms with van der Waals surface area (Å²) in [7, 11) is 0. The fraction of sp³-hybridized carbons (Fsp3) is 0.188. The van der Waals surface area contributed by atoms with Gasteiger partial charge in [0.15, 0.2) is 0 Å². The van der Waals surface area contributed by atoms with Crippen LogP contribution in [0.15, 0.2) is 53.5 Å². The van der Waals surface area contributed by atoms with E-state index >= 15 is 0 Å². The van der Waals surface area contributed by atoms with Gasteiger partial charge in [-0.2, -0.15) is 0 Å². The van der Waals surface area contributed by atoms with Crippen LogP contribution in [-0.4, -0.2) is 12.0 Å². The molecule has 0 fully saturated rings. The highest BCUT2D eigenvalue weighted by Crippen LogP contribution is 2.35. The molecule has 0 atom stereocenters.